The highest BCUT2D eigenvalue weighted by atomic mass is 19.1. The molecule has 0 aromatic heterocycles. The van der Waals surface area contributed by atoms with Gasteiger partial charge in [-0.3, -0.25) is 0 Å². The lowest BCUT2D eigenvalue weighted by atomic mass is 9.66. The molecule has 1 aromatic rings. The minimum atomic E-state index is -0.556. The van der Waals surface area contributed by atoms with E-state index in [0.717, 1.165) is 17.6 Å². The molecule has 6 heteroatoms. The molecule has 30 heavy (non-hydrogen) atoms. The van der Waals surface area contributed by atoms with E-state index in [1.807, 2.05) is 46.8 Å². The Bertz CT molecular complexity index is 828. The minimum Gasteiger partial charge on any atom is -0.479 e. The topological polar surface area (TPSA) is 62.6 Å². The standard InChI is InChI=1S/C24H33FN2O3/c1-7-8-18-15-19(29-14-11-26)16-20(25)21(18)24(17(2)3)9-12-27(13-10-24)22(28)30-23(4,5)6/h15-16H,2,7-10,12-14H2,1,3-6H3. The van der Waals surface area contributed by atoms with Crippen molar-refractivity contribution in [2.75, 3.05) is 19.7 Å². The van der Waals surface area contributed by atoms with Gasteiger partial charge in [0.1, 0.15) is 23.2 Å². The molecule has 1 heterocycles. The zero-order valence-electron chi connectivity index (χ0n) is 18.8. The summed E-state index contributed by atoms with van der Waals surface area (Å²) in [7, 11) is 0. The van der Waals surface area contributed by atoms with Crippen LogP contribution in [0.4, 0.5) is 9.18 Å². The molecule has 0 radical (unpaired) electrons. The Balaban J connectivity index is 2.38. The van der Waals surface area contributed by atoms with Crippen molar-refractivity contribution in [1.82, 2.24) is 4.90 Å². The SMILES string of the molecule is C=C(C)C1(c2c(F)cc(OCC#N)cc2CCC)CCN(C(=O)OC(C)(C)C)CC1. The first-order valence-corrected chi connectivity index (χ1v) is 10.5. The van der Waals surface area contributed by atoms with Crippen LogP contribution in [-0.2, 0) is 16.6 Å². The second kappa shape index (κ2) is 9.51. The van der Waals surface area contributed by atoms with E-state index in [4.69, 9.17) is 14.7 Å². The maximum absolute atomic E-state index is 15.4. The third-order valence-electron chi connectivity index (χ3n) is 5.53. The Morgan fingerprint density at radius 2 is 1.97 bits per heavy atom. The Labute approximate surface area is 179 Å². The smallest absolute Gasteiger partial charge is 0.410 e. The molecule has 0 saturated carbocycles. The summed E-state index contributed by atoms with van der Waals surface area (Å²) >= 11 is 0. The maximum atomic E-state index is 15.4. The van der Waals surface area contributed by atoms with Crippen molar-refractivity contribution in [1.29, 1.82) is 5.26 Å². The summed E-state index contributed by atoms with van der Waals surface area (Å²) in [5.74, 6) is 0.0203. The van der Waals surface area contributed by atoms with Gasteiger partial charge < -0.3 is 14.4 Å². The lowest BCUT2D eigenvalue weighted by Gasteiger charge is -2.44. The summed E-state index contributed by atoms with van der Waals surface area (Å²) in [4.78, 5) is 14.2. The molecule has 164 valence electrons. The molecular weight excluding hydrogens is 383 g/mol. The van der Waals surface area contributed by atoms with Gasteiger partial charge in [0.15, 0.2) is 6.61 Å². The largest absolute Gasteiger partial charge is 0.479 e. The highest BCUT2D eigenvalue weighted by Crippen LogP contribution is 2.45. The second-order valence-corrected chi connectivity index (χ2v) is 8.97. The van der Waals surface area contributed by atoms with Crippen LogP contribution in [0.2, 0.25) is 0 Å². The van der Waals surface area contributed by atoms with E-state index in [0.29, 0.717) is 43.7 Å². The molecule has 1 aliphatic heterocycles. The average Bonchev–Trinajstić information content (AvgIpc) is 2.65. The molecular formula is C24H33FN2O3. The fraction of sp³-hybridized carbons (Fsp3) is 0.583. The van der Waals surface area contributed by atoms with Crippen molar-refractivity contribution in [3.8, 4) is 11.8 Å². The van der Waals surface area contributed by atoms with Gasteiger partial charge in [0, 0.05) is 30.1 Å². The number of nitrogens with zero attached hydrogens (tertiary/aromatic N) is 2. The lowest BCUT2D eigenvalue weighted by molar-refractivity contribution is 0.0177. The minimum absolute atomic E-state index is 0.124. The van der Waals surface area contributed by atoms with E-state index in [9.17, 15) is 4.79 Å². The molecule has 1 aromatic carbocycles. The number of nitriles is 1. The Morgan fingerprint density at radius 1 is 1.33 bits per heavy atom. The summed E-state index contributed by atoms with van der Waals surface area (Å²) in [5, 5.41) is 8.76. The maximum Gasteiger partial charge on any atom is 0.410 e. The molecule has 1 aliphatic rings. The summed E-state index contributed by atoms with van der Waals surface area (Å²) in [6.07, 6.45) is 2.36. The zero-order valence-corrected chi connectivity index (χ0v) is 18.8. The van der Waals surface area contributed by atoms with Gasteiger partial charge >= 0.3 is 6.09 Å². The molecule has 1 amide bonds. The predicted octanol–water partition coefficient (Wildman–Crippen LogP) is 5.53. The number of ether oxygens (including phenoxy) is 2. The fourth-order valence-corrected chi connectivity index (χ4v) is 4.13. The van der Waals surface area contributed by atoms with Crippen molar-refractivity contribution < 1.29 is 18.7 Å². The Hall–Kier alpha value is -2.55. The van der Waals surface area contributed by atoms with Crippen LogP contribution in [0.3, 0.4) is 0 Å². The monoisotopic (exact) mass is 416 g/mol. The number of aryl methyl sites for hydroxylation is 1. The summed E-state index contributed by atoms with van der Waals surface area (Å²) < 4.78 is 26.3. The van der Waals surface area contributed by atoms with Crippen LogP contribution in [0.15, 0.2) is 24.3 Å². The molecule has 0 spiro atoms. The summed E-state index contributed by atoms with van der Waals surface area (Å²) in [5.41, 5.74) is 1.29. The summed E-state index contributed by atoms with van der Waals surface area (Å²) in [6, 6.07) is 5.11. The number of carbonyl (C=O) groups is 1. The van der Waals surface area contributed by atoms with Crippen molar-refractivity contribution in [2.24, 2.45) is 0 Å². The van der Waals surface area contributed by atoms with Crippen LogP contribution < -0.4 is 4.74 Å². The molecule has 5 nitrogen and oxygen atoms in total. The van der Waals surface area contributed by atoms with Crippen molar-refractivity contribution >= 4 is 6.09 Å². The zero-order chi connectivity index (χ0) is 22.5. The summed E-state index contributed by atoms with van der Waals surface area (Å²) in [6.45, 7) is 14.5. The Morgan fingerprint density at radius 3 is 2.47 bits per heavy atom. The number of rotatable bonds is 6. The van der Waals surface area contributed by atoms with Crippen LogP contribution in [0.5, 0.6) is 5.75 Å². The number of amides is 1. The van der Waals surface area contributed by atoms with Crippen molar-refractivity contribution in [3.05, 3.63) is 41.2 Å². The number of benzene rings is 1. The first-order valence-electron chi connectivity index (χ1n) is 10.5. The number of allylic oxidation sites excluding steroid dienone is 1. The van der Waals surface area contributed by atoms with E-state index < -0.39 is 11.0 Å². The van der Waals surface area contributed by atoms with Gasteiger partial charge in [0.25, 0.3) is 0 Å². The van der Waals surface area contributed by atoms with E-state index in [-0.39, 0.29) is 18.5 Å². The van der Waals surface area contributed by atoms with Gasteiger partial charge in [-0.15, -0.1) is 0 Å². The number of hydrogen-bond acceptors (Lipinski definition) is 4. The van der Waals surface area contributed by atoms with Gasteiger partial charge in [-0.05, 0) is 58.6 Å². The van der Waals surface area contributed by atoms with Gasteiger partial charge in [0.2, 0.25) is 0 Å². The van der Waals surface area contributed by atoms with E-state index in [2.05, 4.69) is 6.58 Å². The number of piperidine rings is 1. The molecule has 0 atom stereocenters. The average molecular weight is 417 g/mol. The fourth-order valence-electron chi connectivity index (χ4n) is 4.13. The third-order valence-corrected chi connectivity index (χ3v) is 5.53. The van der Waals surface area contributed by atoms with Crippen LogP contribution in [-0.4, -0.2) is 36.3 Å². The van der Waals surface area contributed by atoms with E-state index in [1.54, 1.807) is 4.90 Å². The highest BCUT2D eigenvalue weighted by molar-refractivity contribution is 5.68. The molecule has 1 fully saturated rings. The molecule has 0 unspecified atom stereocenters. The van der Waals surface area contributed by atoms with Gasteiger partial charge in [-0.25, -0.2) is 9.18 Å². The van der Waals surface area contributed by atoms with Crippen molar-refractivity contribution in [3.63, 3.8) is 0 Å². The number of likely N-dealkylation sites (tertiary alicyclic amines) is 1. The van der Waals surface area contributed by atoms with Crippen LogP contribution in [0, 0.1) is 17.1 Å². The van der Waals surface area contributed by atoms with Gasteiger partial charge in [-0.2, -0.15) is 5.26 Å². The van der Waals surface area contributed by atoms with Crippen LogP contribution in [0.1, 0.15) is 65.0 Å². The number of halogens is 1. The molecule has 0 N–H and O–H groups in total. The molecule has 0 bridgehead atoms. The van der Waals surface area contributed by atoms with E-state index >= 15 is 4.39 Å². The Kier molecular flexibility index (Phi) is 7.52. The van der Waals surface area contributed by atoms with Crippen LogP contribution >= 0.6 is 0 Å². The quantitative estimate of drug-likeness (QED) is 0.573. The highest BCUT2D eigenvalue weighted by Gasteiger charge is 2.42. The second-order valence-electron chi connectivity index (χ2n) is 8.97. The molecule has 0 aliphatic carbocycles. The lowest BCUT2D eigenvalue weighted by Crippen LogP contribution is -2.47. The molecule has 1 saturated heterocycles. The molecule has 2 rings (SSSR count). The third kappa shape index (κ3) is 5.33. The van der Waals surface area contributed by atoms with Gasteiger partial charge in [-0.1, -0.05) is 25.5 Å². The van der Waals surface area contributed by atoms with Crippen LogP contribution in [0.25, 0.3) is 0 Å². The number of hydrogen-bond donors (Lipinski definition) is 0. The first-order chi connectivity index (χ1) is 14.0. The first kappa shape index (κ1) is 23.7. The van der Waals surface area contributed by atoms with Gasteiger partial charge in [0.05, 0.1) is 0 Å². The van der Waals surface area contributed by atoms with Crippen molar-refractivity contribution in [2.45, 2.75) is 71.3 Å². The predicted molar refractivity (Wildman–Crippen MR) is 115 cm³/mol. The number of carbonyl (C=O) groups excluding carboxylic acids is 1. The normalized spacial score (nSPS) is 16.0. The van der Waals surface area contributed by atoms with E-state index in [1.165, 1.54) is 6.07 Å².